The number of benzene rings is 1. The van der Waals surface area contributed by atoms with Gasteiger partial charge < -0.3 is 5.32 Å². The standard InChI is InChI=1S/C15H14Cl2N4/c1-10(15-20-19-13-7-2-3-8-21(13)15)18-9-11-5-4-6-12(16)14(11)17/h2-8,10,18H,9H2,1H3. The summed E-state index contributed by atoms with van der Waals surface area (Å²) in [5.41, 5.74) is 1.80. The van der Waals surface area contributed by atoms with Gasteiger partial charge >= 0.3 is 0 Å². The molecule has 0 saturated heterocycles. The van der Waals surface area contributed by atoms with Gasteiger partial charge in [-0.15, -0.1) is 10.2 Å². The molecule has 108 valence electrons. The molecule has 0 saturated carbocycles. The molecule has 0 aliphatic rings. The minimum atomic E-state index is 0.0393. The van der Waals surface area contributed by atoms with Crippen LogP contribution in [0.5, 0.6) is 0 Å². The molecule has 0 spiro atoms. The average Bonchev–Trinajstić information content (AvgIpc) is 2.92. The summed E-state index contributed by atoms with van der Waals surface area (Å²) < 4.78 is 1.97. The number of hydrogen-bond acceptors (Lipinski definition) is 3. The third-order valence-electron chi connectivity index (χ3n) is 3.36. The monoisotopic (exact) mass is 320 g/mol. The highest BCUT2D eigenvalue weighted by atomic mass is 35.5. The van der Waals surface area contributed by atoms with Crippen LogP contribution in [-0.4, -0.2) is 14.6 Å². The normalized spacial score (nSPS) is 12.7. The van der Waals surface area contributed by atoms with E-state index >= 15 is 0 Å². The van der Waals surface area contributed by atoms with Crippen LogP contribution in [0.25, 0.3) is 5.65 Å². The van der Waals surface area contributed by atoms with Gasteiger partial charge in [-0.1, -0.05) is 41.4 Å². The van der Waals surface area contributed by atoms with Gasteiger partial charge in [0.05, 0.1) is 16.1 Å². The molecular formula is C15H14Cl2N4. The minimum Gasteiger partial charge on any atom is -0.303 e. The molecule has 1 atom stereocenters. The molecule has 2 heterocycles. The number of halogens is 2. The van der Waals surface area contributed by atoms with Crippen molar-refractivity contribution in [1.29, 1.82) is 0 Å². The van der Waals surface area contributed by atoms with E-state index in [0.29, 0.717) is 16.6 Å². The first-order chi connectivity index (χ1) is 10.2. The van der Waals surface area contributed by atoms with Gasteiger partial charge in [-0.2, -0.15) is 0 Å². The van der Waals surface area contributed by atoms with E-state index in [4.69, 9.17) is 23.2 Å². The lowest BCUT2D eigenvalue weighted by molar-refractivity contribution is 0.541. The Morgan fingerprint density at radius 2 is 2.00 bits per heavy atom. The van der Waals surface area contributed by atoms with Crippen molar-refractivity contribution in [2.24, 2.45) is 0 Å². The fourth-order valence-corrected chi connectivity index (χ4v) is 2.58. The van der Waals surface area contributed by atoms with Crippen molar-refractivity contribution in [3.8, 4) is 0 Å². The zero-order valence-electron chi connectivity index (χ0n) is 11.4. The Balaban J connectivity index is 1.77. The summed E-state index contributed by atoms with van der Waals surface area (Å²) in [6.07, 6.45) is 1.95. The van der Waals surface area contributed by atoms with Crippen LogP contribution in [-0.2, 0) is 6.54 Å². The third kappa shape index (κ3) is 2.88. The summed E-state index contributed by atoms with van der Waals surface area (Å²) >= 11 is 12.2. The number of aromatic nitrogens is 3. The molecule has 3 aromatic rings. The molecule has 1 N–H and O–H groups in total. The Kier molecular flexibility index (Phi) is 4.10. The first-order valence-corrected chi connectivity index (χ1v) is 7.38. The molecule has 21 heavy (non-hydrogen) atoms. The topological polar surface area (TPSA) is 42.2 Å². The van der Waals surface area contributed by atoms with Crippen molar-refractivity contribution in [1.82, 2.24) is 19.9 Å². The predicted octanol–water partition coefficient (Wildman–Crippen LogP) is 3.89. The van der Waals surface area contributed by atoms with Crippen molar-refractivity contribution in [2.45, 2.75) is 19.5 Å². The number of hydrogen-bond donors (Lipinski definition) is 1. The number of nitrogens with zero attached hydrogens (tertiary/aromatic N) is 3. The summed E-state index contributed by atoms with van der Waals surface area (Å²) in [5.74, 6) is 0.865. The molecule has 0 aliphatic carbocycles. The number of pyridine rings is 1. The van der Waals surface area contributed by atoms with Gasteiger partial charge in [0, 0.05) is 12.7 Å². The largest absolute Gasteiger partial charge is 0.303 e. The molecular weight excluding hydrogens is 307 g/mol. The van der Waals surface area contributed by atoms with Crippen LogP contribution in [0.3, 0.4) is 0 Å². The van der Waals surface area contributed by atoms with Crippen LogP contribution < -0.4 is 5.32 Å². The fourth-order valence-electron chi connectivity index (χ4n) is 2.19. The number of nitrogens with one attached hydrogen (secondary N) is 1. The molecule has 0 bridgehead atoms. The van der Waals surface area contributed by atoms with Crippen molar-refractivity contribution in [3.63, 3.8) is 0 Å². The second-order valence-electron chi connectivity index (χ2n) is 4.80. The van der Waals surface area contributed by atoms with Gasteiger partial charge in [0.25, 0.3) is 0 Å². The maximum atomic E-state index is 6.19. The number of fused-ring (bicyclic) bond motifs is 1. The minimum absolute atomic E-state index is 0.0393. The third-order valence-corrected chi connectivity index (χ3v) is 4.22. The maximum Gasteiger partial charge on any atom is 0.160 e. The highest BCUT2D eigenvalue weighted by molar-refractivity contribution is 6.42. The summed E-state index contributed by atoms with van der Waals surface area (Å²) in [6, 6.07) is 11.5. The molecule has 1 aromatic carbocycles. The summed E-state index contributed by atoms with van der Waals surface area (Å²) in [6.45, 7) is 2.66. The predicted molar refractivity (Wildman–Crippen MR) is 84.7 cm³/mol. The van der Waals surface area contributed by atoms with Gasteiger partial charge in [-0.3, -0.25) is 4.40 Å². The average molecular weight is 321 g/mol. The van der Waals surface area contributed by atoms with Gasteiger partial charge in [0.15, 0.2) is 11.5 Å². The SMILES string of the molecule is CC(NCc1cccc(Cl)c1Cl)c1nnc2ccccn12. The summed E-state index contributed by atoms with van der Waals surface area (Å²) in [4.78, 5) is 0. The Labute approximate surface area is 132 Å². The first kappa shape index (κ1) is 14.3. The van der Waals surface area contributed by atoms with E-state index in [1.165, 1.54) is 0 Å². The highest BCUT2D eigenvalue weighted by Gasteiger charge is 2.13. The molecule has 3 rings (SSSR count). The van der Waals surface area contributed by atoms with Gasteiger partial charge in [0.2, 0.25) is 0 Å². The molecule has 0 amide bonds. The van der Waals surface area contributed by atoms with E-state index in [2.05, 4.69) is 15.5 Å². The first-order valence-electron chi connectivity index (χ1n) is 6.63. The van der Waals surface area contributed by atoms with Crippen molar-refractivity contribution in [2.75, 3.05) is 0 Å². The highest BCUT2D eigenvalue weighted by Crippen LogP contribution is 2.25. The van der Waals surface area contributed by atoms with E-state index in [1.807, 2.05) is 47.9 Å². The second-order valence-corrected chi connectivity index (χ2v) is 5.59. The van der Waals surface area contributed by atoms with Crippen LogP contribution in [0.15, 0.2) is 42.6 Å². The quantitative estimate of drug-likeness (QED) is 0.793. The van der Waals surface area contributed by atoms with Crippen LogP contribution in [0.2, 0.25) is 10.0 Å². The smallest absolute Gasteiger partial charge is 0.160 e. The molecule has 0 aliphatic heterocycles. The van der Waals surface area contributed by atoms with Crippen molar-refractivity contribution < 1.29 is 0 Å². The van der Waals surface area contributed by atoms with Crippen LogP contribution >= 0.6 is 23.2 Å². The van der Waals surface area contributed by atoms with Gasteiger partial charge in [0.1, 0.15) is 0 Å². The lowest BCUT2D eigenvalue weighted by Gasteiger charge is -2.13. The Morgan fingerprint density at radius 1 is 1.14 bits per heavy atom. The Morgan fingerprint density at radius 3 is 2.86 bits per heavy atom. The van der Waals surface area contributed by atoms with Gasteiger partial charge in [-0.05, 0) is 30.7 Å². The van der Waals surface area contributed by atoms with E-state index in [1.54, 1.807) is 6.07 Å². The van der Waals surface area contributed by atoms with Crippen LogP contribution in [0.4, 0.5) is 0 Å². The second kappa shape index (κ2) is 6.02. The Bertz CT molecular complexity index is 769. The van der Waals surface area contributed by atoms with E-state index < -0.39 is 0 Å². The zero-order chi connectivity index (χ0) is 14.8. The lowest BCUT2D eigenvalue weighted by atomic mass is 10.2. The molecule has 1 unspecified atom stereocenters. The van der Waals surface area contributed by atoms with Crippen molar-refractivity contribution in [3.05, 3.63) is 64.0 Å². The fraction of sp³-hybridized carbons (Fsp3) is 0.200. The molecule has 0 fully saturated rings. The van der Waals surface area contributed by atoms with E-state index in [9.17, 15) is 0 Å². The van der Waals surface area contributed by atoms with Crippen molar-refractivity contribution >= 4 is 28.8 Å². The molecule has 2 aromatic heterocycles. The van der Waals surface area contributed by atoms with Crippen LogP contribution in [0.1, 0.15) is 24.4 Å². The molecule has 4 nitrogen and oxygen atoms in total. The maximum absolute atomic E-state index is 6.19. The molecule has 6 heteroatoms. The molecule has 0 radical (unpaired) electrons. The Hall–Kier alpha value is -1.62. The van der Waals surface area contributed by atoms with E-state index in [-0.39, 0.29) is 6.04 Å². The van der Waals surface area contributed by atoms with Gasteiger partial charge in [-0.25, -0.2) is 0 Å². The summed E-state index contributed by atoms with van der Waals surface area (Å²) in [5, 5.41) is 12.9. The van der Waals surface area contributed by atoms with Crippen LogP contribution in [0, 0.1) is 0 Å². The number of rotatable bonds is 4. The zero-order valence-corrected chi connectivity index (χ0v) is 12.9. The summed E-state index contributed by atoms with van der Waals surface area (Å²) in [7, 11) is 0. The lowest BCUT2D eigenvalue weighted by Crippen LogP contribution is -2.20. The van der Waals surface area contributed by atoms with E-state index in [0.717, 1.165) is 17.0 Å².